The van der Waals surface area contributed by atoms with Crippen LogP contribution < -0.4 is 5.32 Å². The topological polar surface area (TPSA) is 28.2 Å². The van der Waals surface area contributed by atoms with Crippen LogP contribution in [0.4, 0.5) is 0 Å². The first-order valence-corrected chi connectivity index (χ1v) is 7.03. The molecule has 3 heteroatoms. The number of pyridine rings is 1. The molecule has 0 aliphatic carbocycles. The van der Waals surface area contributed by atoms with Gasteiger partial charge >= 0.3 is 0 Å². The van der Waals surface area contributed by atoms with E-state index in [1.54, 1.807) is 0 Å². The third kappa shape index (κ3) is 3.30. The van der Waals surface area contributed by atoms with Crippen LogP contribution in [0, 0.1) is 5.92 Å². The Bertz CT molecular complexity index is 361. The highest BCUT2D eigenvalue weighted by atomic mass is 15.2. The van der Waals surface area contributed by atoms with Gasteiger partial charge in [-0.1, -0.05) is 13.0 Å². The van der Waals surface area contributed by atoms with E-state index in [0.29, 0.717) is 6.04 Å². The van der Waals surface area contributed by atoms with Crippen molar-refractivity contribution < 1.29 is 0 Å². The summed E-state index contributed by atoms with van der Waals surface area (Å²) in [6.45, 7) is 7.81. The molecule has 1 saturated heterocycles. The molecule has 1 fully saturated rings. The van der Waals surface area contributed by atoms with E-state index in [0.717, 1.165) is 19.0 Å². The highest BCUT2D eigenvalue weighted by Gasteiger charge is 2.24. The van der Waals surface area contributed by atoms with E-state index in [4.69, 9.17) is 0 Å². The summed E-state index contributed by atoms with van der Waals surface area (Å²) in [5.41, 5.74) is 2.44. The molecule has 0 radical (unpaired) electrons. The van der Waals surface area contributed by atoms with E-state index in [1.807, 2.05) is 13.2 Å². The number of aromatic nitrogens is 1. The smallest absolute Gasteiger partial charge is 0.0544 e. The largest absolute Gasteiger partial charge is 0.316 e. The standard InChI is InChI=1S/C15H25N3/c1-12-5-4-8-18(13(12)2)11-15-7-6-14(9-16-3)10-17-15/h6-7,10,12-13,16H,4-5,8-9,11H2,1-3H3. The van der Waals surface area contributed by atoms with Crippen molar-refractivity contribution in [1.29, 1.82) is 0 Å². The second kappa shape index (κ2) is 6.30. The number of piperidine rings is 1. The predicted molar refractivity (Wildman–Crippen MR) is 75.3 cm³/mol. The van der Waals surface area contributed by atoms with Gasteiger partial charge in [0.15, 0.2) is 0 Å². The van der Waals surface area contributed by atoms with E-state index < -0.39 is 0 Å². The van der Waals surface area contributed by atoms with Crippen LogP contribution in [-0.2, 0) is 13.1 Å². The van der Waals surface area contributed by atoms with Gasteiger partial charge in [0.2, 0.25) is 0 Å². The number of nitrogens with zero attached hydrogens (tertiary/aromatic N) is 2. The molecule has 3 nitrogen and oxygen atoms in total. The number of hydrogen-bond donors (Lipinski definition) is 1. The van der Waals surface area contributed by atoms with Crippen LogP contribution in [0.15, 0.2) is 18.3 Å². The highest BCUT2D eigenvalue weighted by Crippen LogP contribution is 2.24. The van der Waals surface area contributed by atoms with Crippen molar-refractivity contribution in [3.8, 4) is 0 Å². The quantitative estimate of drug-likeness (QED) is 0.885. The summed E-state index contributed by atoms with van der Waals surface area (Å²) in [7, 11) is 1.96. The van der Waals surface area contributed by atoms with Gasteiger partial charge in [-0.3, -0.25) is 9.88 Å². The average Bonchev–Trinajstić information content (AvgIpc) is 2.38. The van der Waals surface area contributed by atoms with Crippen LogP contribution in [-0.4, -0.2) is 29.5 Å². The predicted octanol–water partition coefficient (Wildman–Crippen LogP) is 2.42. The maximum atomic E-state index is 4.57. The summed E-state index contributed by atoms with van der Waals surface area (Å²) in [5.74, 6) is 0.808. The SMILES string of the molecule is CNCc1ccc(CN2CCCC(C)C2C)nc1. The van der Waals surface area contributed by atoms with Crippen LogP contribution in [0.3, 0.4) is 0 Å². The molecule has 0 spiro atoms. The zero-order valence-electron chi connectivity index (χ0n) is 11.8. The summed E-state index contributed by atoms with van der Waals surface area (Å²) < 4.78 is 0. The van der Waals surface area contributed by atoms with Crippen LogP contribution in [0.2, 0.25) is 0 Å². The minimum absolute atomic E-state index is 0.678. The van der Waals surface area contributed by atoms with Gasteiger partial charge in [-0.15, -0.1) is 0 Å². The van der Waals surface area contributed by atoms with Gasteiger partial charge in [0.25, 0.3) is 0 Å². The summed E-state index contributed by atoms with van der Waals surface area (Å²) >= 11 is 0. The van der Waals surface area contributed by atoms with Gasteiger partial charge in [0.1, 0.15) is 0 Å². The maximum Gasteiger partial charge on any atom is 0.0544 e. The van der Waals surface area contributed by atoms with Crippen molar-refractivity contribution in [2.75, 3.05) is 13.6 Å². The molecule has 0 bridgehead atoms. The Kier molecular flexibility index (Phi) is 4.72. The minimum Gasteiger partial charge on any atom is -0.316 e. The maximum absolute atomic E-state index is 4.57. The Hall–Kier alpha value is -0.930. The van der Waals surface area contributed by atoms with Crippen LogP contribution >= 0.6 is 0 Å². The molecule has 0 aromatic carbocycles. The van der Waals surface area contributed by atoms with E-state index in [9.17, 15) is 0 Å². The molecule has 1 N–H and O–H groups in total. The molecule has 100 valence electrons. The molecule has 2 unspecified atom stereocenters. The van der Waals surface area contributed by atoms with Crippen molar-refractivity contribution in [3.05, 3.63) is 29.6 Å². The molecule has 0 amide bonds. The van der Waals surface area contributed by atoms with Gasteiger partial charge in [-0.2, -0.15) is 0 Å². The summed E-state index contributed by atoms with van der Waals surface area (Å²) in [5, 5.41) is 3.15. The molecule has 2 rings (SSSR count). The molecule has 1 aromatic rings. The molecule has 1 aromatic heterocycles. The molecule has 1 aliphatic rings. The van der Waals surface area contributed by atoms with Crippen molar-refractivity contribution in [3.63, 3.8) is 0 Å². The van der Waals surface area contributed by atoms with Crippen LogP contribution in [0.1, 0.15) is 37.9 Å². The molecule has 0 saturated carbocycles. The lowest BCUT2D eigenvalue weighted by Crippen LogP contribution is -2.41. The number of hydrogen-bond acceptors (Lipinski definition) is 3. The lowest BCUT2D eigenvalue weighted by atomic mass is 9.92. The Morgan fingerprint density at radius 3 is 2.89 bits per heavy atom. The second-order valence-corrected chi connectivity index (χ2v) is 5.52. The van der Waals surface area contributed by atoms with Crippen molar-refractivity contribution in [2.45, 2.75) is 45.8 Å². The summed E-state index contributed by atoms with van der Waals surface area (Å²) in [6, 6.07) is 5.02. The zero-order chi connectivity index (χ0) is 13.0. The highest BCUT2D eigenvalue weighted by molar-refractivity contribution is 5.14. The Morgan fingerprint density at radius 1 is 1.39 bits per heavy atom. The van der Waals surface area contributed by atoms with Gasteiger partial charge in [-0.25, -0.2) is 0 Å². The Labute approximate surface area is 111 Å². The molecule has 2 heterocycles. The molecule has 1 aliphatic heterocycles. The molecule has 2 atom stereocenters. The first kappa shape index (κ1) is 13.5. The van der Waals surface area contributed by atoms with Gasteiger partial charge in [-0.05, 0) is 50.9 Å². The van der Waals surface area contributed by atoms with Gasteiger partial charge < -0.3 is 5.32 Å². The van der Waals surface area contributed by atoms with Gasteiger partial charge in [0, 0.05) is 25.3 Å². The third-order valence-electron chi connectivity index (χ3n) is 4.14. The lowest BCUT2D eigenvalue weighted by molar-refractivity contribution is 0.105. The molecular formula is C15H25N3. The first-order valence-electron chi connectivity index (χ1n) is 7.03. The normalized spacial score (nSPS) is 25.3. The van der Waals surface area contributed by atoms with Gasteiger partial charge in [0.05, 0.1) is 5.69 Å². The molecular weight excluding hydrogens is 222 g/mol. The van der Waals surface area contributed by atoms with E-state index >= 15 is 0 Å². The number of rotatable bonds is 4. The van der Waals surface area contributed by atoms with Crippen molar-refractivity contribution in [1.82, 2.24) is 15.2 Å². The van der Waals surface area contributed by atoms with Crippen molar-refractivity contribution >= 4 is 0 Å². The average molecular weight is 247 g/mol. The van der Waals surface area contributed by atoms with Crippen LogP contribution in [0.5, 0.6) is 0 Å². The minimum atomic E-state index is 0.678. The summed E-state index contributed by atoms with van der Waals surface area (Å²) in [4.78, 5) is 7.13. The lowest BCUT2D eigenvalue weighted by Gasteiger charge is -2.37. The fraction of sp³-hybridized carbons (Fsp3) is 0.667. The Balaban J connectivity index is 1.96. The monoisotopic (exact) mass is 247 g/mol. The fourth-order valence-electron chi connectivity index (χ4n) is 2.71. The van der Waals surface area contributed by atoms with Crippen LogP contribution in [0.25, 0.3) is 0 Å². The third-order valence-corrected chi connectivity index (χ3v) is 4.14. The number of likely N-dealkylation sites (tertiary alicyclic amines) is 1. The summed E-state index contributed by atoms with van der Waals surface area (Å²) in [6.07, 6.45) is 4.68. The van der Waals surface area contributed by atoms with E-state index in [2.05, 4.69) is 41.2 Å². The first-order chi connectivity index (χ1) is 8.70. The molecule has 18 heavy (non-hydrogen) atoms. The Morgan fingerprint density at radius 2 is 2.22 bits per heavy atom. The number of nitrogens with one attached hydrogen (secondary N) is 1. The fourth-order valence-corrected chi connectivity index (χ4v) is 2.71. The zero-order valence-corrected chi connectivity index (χ0v) is 11.8. The van der Waals surface area contributed by atoms with Crippen molar-refractivity contribution in [2.24, 2.45) is 5.92 Å². The van der Waals surface area contributed by atoms with E-state index in [1.165, 1.54) is 30.6 Å². The second-order valence-electron chi connectivity index (χ2n) is 5.52. The van der Waals surface area contributed by atoms with E-state index in [-0.39, 0.29) is 0 Å².